The molecule has 2 aliphatic rings. The van der Waals surface area contributed by atoms with E-state index < -0.39 is 11.4 Å². The zero-order chi connectivity index (χ0) is 16.6. The Labute approximate surface area is 139 Å². The maximum absolute atomic E-state index is 12.7. The van der Waals surface area contributed by atoms with Gasteiger partial charge in [0.25, 0.3) is 5.91 Å². The van der Waals surface area contributed by atoms with Crippen LogP contribution in [0.1, 0.15) is 25.3 Å². The Morgan fingerprint density at radius 3 is 2.91 bits per heavy atom. The lowest BCUT2D eigenvalue weighted by Gasteiger charge is -2.38. The van der Waals surface area contributed by atoms with Crippen LogP contribution in [0.15, 0.2) is 23.8 Å². The summed E-state index contributed by atoms with van der Waals surface area (Å²) >= 11 is 5.98. The van der Waals surface area contributed by atoms with Crippen molar-refractivity contribution in [2.45, 2.75) is 19.8 Å². The van der Waals surface area contributed by atoms with Gasteiger partial charge in [-0.2, -0.15) is 0 Å². The zero-order valence-corrected chi connectivity index (χ0v) is 13.6. The number of aliphatic carboxylic acids is 1. The van der Waals surface area contributed by atoms with Crippen LogP contribution in [0.4, 0.5) is 0 Å². The molecule has 1 N–H and O–H groups in total. The molecule has 0 aromatic heterocycles. The minimum Gasteiger partial charge on any atom is -0.488 e. The summed E-state index contributed by atoms with van der Waals surface area (Å²) in [5.74, 6) is -0.330. The second-order valence-electron chi connectivity index (χ2n) is 6.34. The van der Waals surface area contributed by atoms with E-state index in [4.69, 9.17) is 16.3 Å². The molecule has 1 saturated heterocycles. The number of hydrogen-bond acceptors (Lipinski definition) is 3. The van der Waals surface area contributed by atoms with Crippen molar-refractivity contribution < 1.29 is 19.4 Å². The van der Waals surface area contributed by atoms with E-state index in [0.29, 0.717) is 35.7 Å². The van der Waals surface area contributed by atoms with Crippen molar-refractivity contribution in [3.8, 4) is 5.75 Å². The Hall–Kier alpha value is -2.01. The highest BCUT2D eigenvalue weighted by Crippen LogP contribution is 2.33. The zero-order valence-electron chi connectivity index (χ0n) is 12.8. The van der Waals surface area contributed by atoms with Crippen LogP contribution in [-0.2, 0) is 9.59 Å². The largest absolute Gasteiger partial charge is 0.488 e. The molecule has 23 heavy (non-hydrogen) atoms. The Morgan fingerprint density at radius 1 is 1.39 bits per heavy atom. The molecule has 1 unspecified atom stereocenters. The predicted molar refractivity (Wildman–Crippen MR) is 86.5 cm³/mol. The molecule has 1 aromatic carbocycles. The molecule has 1 fully saturated rings. The van der Waals surface area contributed by atoms with Crippen LogP contribution in [0, 0.1) is 5.41 Å². The maximum Gasteiger partial charge on any atom is 0.311 e. The molecule has 0 saturated carbocycles. The molecule has 2 heterocycles. The van der Waals surface area contributed by atoms with Gasteiger partial charge in [-0.15, -0.1) is 0 Å². The number of amides is 1. The van der Waals surface area contributed by atoms with Crippen molar-refractivity contribution in [1.29, 1.82) is 0 Å². The first-order valence-corrected chi connectivity index (χ1v) is 7.92. The Kier molecular flexibility index (Phi) is 4.06. The van der Waals surface area contributed by atoms with Crippen LogP contribution in [0.2, 0.25) is 5.02 Å². The summed E-state index contributed by atoms with van der Waals surface area (Å²) in [6.07, 6.45) is 3.05. The van der Waals surface area contributed by atoms with Crippen LogP contribution in [0.3, 0.4) is 0 Å². The third-order valence-corrected chi connectivity index (χ3v) is 4.69. The summed E-state index contributed by atoms with van der Waals surface area (Å²) < 4.78 is 5.61. The van der Waals surface area contributed by atoms with E-state index in [0.717, 1.165) is 5.56 Å². The average molecular weight is 336 g/mol. The van der Waals surface area contributed by atoms with Crippen LogP contribution >= 0.6 is 11.6 Å². The standard InChI is InChI=1S/C17H18ClNO4/c1-17(16(21)22)5-2-6-19(10-17)15(20)12-7-11-8-13(18)3-4-14(11)23-9-12/h3-4,7-8H,2,5-6,9-10H2,1H3,(H,21,22). The lowest BCUT2D eigenvalue weighted by atomic mass is 9.82. The van der Waals surface area contributed by atoms with Gasteiger partial charge < -0.3 is 14.7 Å². The predicted octanol–water partition coefficient (Wildman–Crippen LogP) is 2.83. The van der Waals surface area contributed by atoms with Gasteiger partial charge in [0, 0.05) is 23.7 Å². The van der Waals surface area contributed by atoms with E-state index in [1.54, 1.807) is 36.1 Å². The van der Waals surface area contributed by atoms with Gasteiger partial charge in [-0.25, -0.2) is 0 Å². The molecule has 1 atom stereocenters. The molecular weight excluding hydrogens is 318 g/mol. The highest BCUT2D eigenvalue weighted by molar-refractivity contribution is 6.30. The van der Waals surface area contributed by atoms with E-state index >= 15 is 0 Å². The van der Waals surface area contributed by atoms with E-state index in [2.05, 4.69) is 0 Å². The number of carbonyl (C=O) groups excluding carboxylic acids is 1. The summed E-state index contributed by atoms with van der Waals surface area (Å²) in [6.45, 7) is 2.67. The number of hydrogen-bond donors (Lipinski definition) is 1. The second kappa shape index (κ2) is 5.89. The van der Waals surface area contributed by atoms with E-state index in [1.807, 2.05) is 0 Å². The fraction of sp³-hybridized carbons (Fsp3) is 0.412. The van der Waals surface area contributed by atoms with Crippen LogP contribution in [-0.4, -0.2) is 41.6 Å². The number of rotatable bonds is 2. The second-order valence-corrected chi connectivity index (χ2v) is 6.77. The number of ether oxygens (including phenoxy) is 1. The molecule has 3 rings (SSSR count). The van der Waals surface area contributed by atoms with Gasteiger partial charge in [0.05, 0.1) is 11.0 Å². The number of halogens is 1. The Morgan fingerprint density at radius 2 is 2.17 bits per heavy atom. The number of fused-ring (bicyclic) bond motifs is 1. The SMILES string of the molecule is CC1(C(=O)O)CCCN(C(=O)C2=Cc3cc(Cl)ccc3OC2)C1. The third kappa shape index (κ3) is 3.06. The van der Waals surface area contributed by atoms with Crippen molar-refractivity contribution in [3.05, 3.63) is 34.4 Å². The Balaban J connectivity index is 1.82. The first kappa shape index (κ1) is 15.9. The van der Waals surface area contributed by atoms with Gasteiger partial charge in [0.15, 0.2) is 0 Å². The van der Waals surface area contributed by atoms with E-state index in [9.17, 15) is 14.7 Å². The number of nitrogens with zero attached hydrogens (tertiary/aromatic N) is 1. The highest BCUT2D eigenvalue weighted by atomic mass is 35.5. The minimum atomic E-state index is -0.884. The molecule has 0 aliphatic carbocycles. The van der Waals surface area contributed by atoms with Crippen molar-refractivity contribution >= 4 is 29.6 Å². The fourth-order valence-corrected chi connectivity index (χ4v) is 3.24. The lowest BCUT2D eigenvalue weighted by Crippen LogP contribution is -2.49. The number of benzene rings is 1. The molecule has 0 radical (unpaired) electrons. The quantitative estimate of drug-likeness (QED) is 0.902. The topological polar surface area (TPSA) is 66.8 Å². The molecular formula is C17H18ClNO4. The lowest BCUT2D eigenvalue weighted by molar-refractivity contribution is -0.152. The van der Waals surface area contributed by atoms with Crippen molar-refractivity contribution in [2.24, 2.45) is 5.41 Å². The molecule has 1 amide bonds. The van der Waals surface area contributed by atoms with Gasteiger partial charge in [-0.05, 0) is 44.0 Å². The monoisotopic (exact) mass is 335 g/mol. The van der Waals surface area contributed by atoms with Crippen LogP contribution < -0.4 is 4.74 Å². The Bertz CT molecular complexity index is 700. The summed E-state index contributed by atoms with van der Waals surface area (Å²) in [5, 5.41) is 9.95. The van der Waals surface area contributed by atoms with E-state index in [-0.39, 0.29) is 19.1 Å². The normalized spacial score (nSPS) is 23.6. The fourth-order valence-electron chi connectivity index (χ4n) is 3.06. The molecule has 1 aromatic rings. The van der Waals surface area contributed by atoms with Gasteiger partial charge in [-0.3, -0.25) is 9.59 Å². The first-order valence-electron chi connectivity index (χ1n) is 7.55. The smallest absolute Gasteiger partial charge is 0.311 e. The van der Waals surface area contributed by atoms with Crippen molar-refractivity contribution in [2.75, 3.05) is 19.7 Å². The third-order valence-electron chi connectivity index (χ3n) is 4.46. The molecule has 122 valence electrons. The first-order chi connectivity index (χ1) is 10.9. The van der Waals surface area contributed by atoms with Gasteiger partial charge in [0.1, 0.15) is 12.4 Å². The number of carboxylic acid groups (broad SMARTS) is 1. The molecule has 2 aliphatic heterocycles. The highest BCUT2D eigenvalue weighted by Gasteiger charge is 2.40. The average Bonchev–Trinajstić information content (AvgIpc) is 2.53. The van der Waals surface area contributed by atoms with Crippen molar-refractivity contribution in [3.63, 3.8) is 0 Å². The molecule has 0 bridgehead atoms. The summed E-state index contributed by atoms with van der Waals surface area (Å²) in [4.78, 5) is 25.8. The van der Waals surface area contributed by atoms with Crippen molar-refractivity contribution in [1.82, 2.24) is 4.90 Å². The minimum absolute atomic E-state index is 0.164. The number of carbonyl (C=O) groups is 2. The van der Waals surface area contributed by atoms with Gasteiger partial charge in [-0.1, -0.05) is 11.6 Å². The van der Waals surface area contributed by atoms with E-state index in [1.165, 1.54) is 0 Å². The molecule has 6 heteroatoms. The van der Waals surface area contributed by atoms with Gasteiger partial charge >= 0.3 is 5.97 Å². The van der Waals surface area contributed by atoms with Crippen LogP contribution in [0.5, 0.6) is 5.75 Å². The molecule has 0 spiro atoms. The van der Waals surface area contributed by atoms with Gasteiger partial charge in [0.2, 0.25) is 0 Å². The maximum atomic E-state index is 12.7. The van der Waals surface area contributed by atoms with Crippen LogP contribution in [0.25, 0.3) is 6.08 Å². The summed E-state index contributed by atoms with van der Waals surface area (Å²) in [5.41, 5.74) is 0.407. The summed E-state index contributed by atoms with van der Waals surface area (Å²) in [7, 11) is 0. The summed E-state index contributed by atoms with van der Waals surface area (Å²) in [6, 6.07) is 5.27. The number of likely N-dealkylation sites (tertiary alicyclic amines) is 1. The number of carboxylic acids is 1. The number of piperidine rings is 1. The molecule has 5 nitrogen and oxygen atoms in total.